The van der Waals surface area contributed by atoms with E-state index in [-0.39, 0.29) is 119 Å². The number of fused-ring (bicyclic) bond motifs is 1. The molecule has 3 heterocycles. The molecular formula is C84H116B2ClN5O22S3. The summed E-state index contributed by atoms with van der Waals surface area (Å²) >= 11 is 0. The zero-order valence-electron chi connectivity index (χ0n) is 69.2. The second kappa shape index (κ2) is 37.8. The molecule has 13 atom stereocenters. The van der Waals surface area contributed by atoms with Crippen LogP contribution < -0.4 is 15.8 Å². The number of Topliss-reactive ketones (excluding diaryl/α,β-unsaturated/α-hetero) is 2. The molecular weight excluding hydrogens is 1580 g/mol. The molecule has 1 aliphatic heterocycles. The van der Waals surface area contributed by atoms with E-state index in [0.29, 0.717) is 118 Å². The van der Waals surface area contributed by atoms with Crippen LogP contribution in [0.1, 0.15) is 171 Å². The van der Waals surface area contributed by atoms with E-state index in [2.05, 4.69) is 43.4 Å². The molecule has 117 heavy (non-hydrogen) atoms. The summed E-state index contributed by atoms with van der Waals surface area (Å²) in [5.41, 5.74) is 2.93. The summed E-state index contributed by atoms with van der Waals surface area (Å²) in [6, 6.07) is 10.4. The van der Waals surface area contributed by atoms with Crippen LogP contribution in [0.4, 0.5) is 0 Å². The minimum Gasteiger partial charge on any atom is -0.484 e. The highest BCUT2D eigenvalue weighted by Gasteiger charge is 2.63. The second-order valence-electron chi connectivity index (χ2n) is 35.5. The molecule has 2 amide bonds. The average Bonchev–Trinajstić information content (AvgIpc) is 1.55. The van der Waals surface area contributed by atoms with Gasteiger partial charge in [-0.2, -0.15) is 0 Å². The number of carbonyl (C=O) groups is 10. The number of nitrogens with zero attached hydrogens (tertiary/aromatic N) is 3. The van der Waals surface area contributed by atoms with Crippen molar-refractivity contribution in [2.24, 2.45) is 62.9 Å². The number of hydrogen-bond acceptors (Lipinski definition) is 24. The number of hydrogen-bond donors (Lipinski definition) is 3. The fraction of sp³-hybridized carbons (Fsp3) is 0.619. The van der Waals surface area contributed by atoms with Crippen molar-refractivity contribution in [2.75, 3.05) is 30.4 Å². The van der Waals surface area contributed by atoms with E-state index >= 15 is 0 Å². The maximum absolute atomic E-state index is 14.7. The van der Waals surface area contributed by atoms with Gasteiger partial charge in [-0.25, -0.2) is 30.2 Å². The first-order chi connectivity index (χ1) is 54.1. The molecule has 8 saturated carbocycles. The lowest BCUT2D eigenvalue weighted by molar-refractivity contribution is -0.161. The first kappa shape index (κ1) is 96.2. The number of carboxylic acid groups (broad SMARTS) is 1. The number of esters is 3. The van der Waals surface area contributed by atoms with Gasteiger partial charge in [-0.15, -0.1) is 45.3 Å². The molecule has 0 spiro atoms. The van der Waals surface area contributed by atoms with E-state index in [9.17, 15) is 73.2 Å². The number of likely N-dealkylation sites (tertiary alicyclic amines) is 1. The van der Waals surface area contributed by atoms with Crippen molar-refractivity contribution < 1.29 is 102 Å². The van der Waals surface area contributed by atoms with E-state index in [1.54, 1.807) is 91.8 Å². The van der Waals surface area contributed by atoms with Crippen molar-refractivity contribution in [1.82, 2.24) is 20.4 Å². The molecule has 8 aliphatic carbocycles. The van der Waals surface area contributed by atoms with Gasteiger partial charge in [-0.05, 0) is 156 Å². The highest BCUT2D eigenvalue weighted by atomic mass is 35.5. The molecule has 2 aromatic heterocycles. The monoisotopic (exact) mass is 1700 g/mol. The molecule has 9 fully saturated rings. The van der Waals surface area contributed by atoms with Crippen LogP contribution in [0.5, 0.6) is 5.75 Å². The topological polar surface area (TPSA) is 410 Å². The quantitative estimate of drug-likeness (QED) is 0.0160. The van der Waals surface area contributed by atoms with Crippen LogP contribution in [0.2, 0.25) is 12.6 Å². The molecule has 9 aliphatic rings. The SMILES string of the molecule is C=CC1CC1(C[B]C=O)C(=O)OCC.C=C[C@@H]1C[C@@]1(CCS(=O)(=O)C1CC1)NC(=O)[C@@H]1C[C@@H](Oc2cc(-c3ccccc3)nc3c(C)noc23)CN1C(=O)[C@@H](CC(=O)OC(C)(C)C)C(C)(C)C.C=C[C@@H]1C[C@]1(CC(=O)OC(C)(C)C)C(=O)CS(=O)(=O)C1CC1.C=C[C@@H]1C[C@]1(C[B]C=O)C(=O)O.C=C[C@@H]1C[C@]1(N)C(=O)CS(=O)(=O)C1CC1.Cl. The molecule has 640 valence electrons. The Morgan fingerprint density at radius 3 is 1.64 bits per heavy atom. The van der Waals surface area contributed by atoms with Crippen molar-refractivity contribution in [3.8, 4) is 17.0 Å². The standard InChI is InChI=1S/C40H52N4O8S.C16H24O5S.C10H14BO3.C10H15NO3S.C8H10BO3.ClH/c1-9-26-22-40(26,17-18-53(48,49)28-15-16-28)42-36(46)31-19-27(23-44(31)37(47)29(38(3,4)5)20-33(45)51-39(6,7)8)50-32-21-30(25-13-11-10-12-14-25)41-34-24(2)43-52-35(32)34;1-5-11-8-16(11,9-14(18)21-15(2,3)4)13(17)10-22(19,20)12-6-7-12;1-3-8-5-10(8,6-11-7-12)9(13)14-4-2;1-2-7-5-10(7,11)9(12)6-15(13,14)8-3-4-8;1-2-6-3-8(6,7(11)12)4-9-5-10;/h9-14,21,26-29,31H,1,15-20,22-23H2,2-8H3,(H,42,46);5,11-12H,1,6-10H2,2-4H3;3,7-8H,1,4-6H2,2H3;2,7-8H,1,3-6,11H2;2,5-6H,1,3-4H2,(H,11,12);1H/t26-,27-,29-,31+,40-;11-,16-;;7-,10-;6-,8-;/m11.11./s1. The Hall–Kier alpha value is -7.93. The number of halogens is 1. The van der Waals surface area contributed by atoms with Gasteiger partial charge in [0.15, 0.2) is 61.4 Å². The Balaban J connectivity index is 0.000000239. The maximum Gasteiger partial charge on any atom is 0.311 e. The predicted octanol–water partition coefficient (Wildman–Crippen LogP) is 10.1. The Morgan fingerprint density at radius 1 is 0.684 bits per heavy atom. The number of aromatic nitrogens is 2. The number of pyridine rings is 1. The fourth-order valence-corrected chi connectivity index (χ4v) is 20.3. The van der Waals surface area contributed by atoms with Crippen molar-refractivity contribution >= 4 is 127 Å². The molecule has 1 aromatic carbocycles. The van der Waals surface area contributed by atoms with Crippen molar-refractivity contribution in [1.29, 1.82) is 0 Å². The van der Waals surface area contributed by atoms with Gasteiger partial charge in [0.05, 0.1) is 87.8 Å². The molecule has 12 rings (SSSR count). The largest absolute Gasteiger partial charge is 0.484 e. The lowest BCUT2D eigenvalue weighted by Crippen LogP contribution is -2.53. The molecule has 27 nitrogen and oxygen atoms in total. The fourth-order valence-electron chi connectivity index (χ4n) is 15.0. The molecule has 2 unspecified atom stereocenters. The zero-order chi connectivity index (χ0) is 86.3. The van der Waals surface area contributed by atoms with E-state index in [4.69, 9.17) is 39.3 Å². The Kier molecular flexibility index (Phi) is 31.1. The van der Waals surface area contributed by atoms with Crippen LogP contribution in [-0.4, -0.2) is 200 Å². The van der Waals surface area contributed by atoms with Gasteiger partial charge >= 0.3 is 23.9 Å². The van der Waals surface area contributed by atoms with Gasteiger partial charge < -0.3 is 54.1 Å². The average molecular weight is 1700 g/mol. The van der Waals surface area contributed by atoms with Crippen LogP contribution in [0.3, 0.4) is 0 Å². The minimum atomic E-state index is -3.37. The number of aryl methyl sites for hydroxylation is 1. The van der Waals surface area contributed by atoms with Crippen molar-refractivity contribution in [3.63, 3.8) is 0 Å². The summed E-state index contributed by atoms with van der Waals surface area (Å²) in [5.74, 6) is -4.87. The number of carbonyl (C=O) groups excluding carboxylic acids is 9. The lowest BCUT2D eigenvalue weighted by atomic mass is 9.69. The highest BCUT2D eigenvalue weighted by molar-refractivity contribution is 7.93. The predicted molar refractivity (Wildman–Crippen MR) is 448 cm³/mol. The van der Waals surface area contributed by atoms with Crippen molar-refractivity contribution in [2.45, 2.75) is 235 Å². The van der Waals surface area contributed by atoms with Gasteiger partial charge in [0.1, 0.15) is 46.1 Å². The van der Waals surface area contributed by atoms with Gasteiger partial charge in [-0.1, -0.05) is 99.3 Å². The number of benzene rings is 1. The first-order valence-electron chi connectivity index (χ1n) is 39.7. The summed E-state index contributed by atoms with van der Waals surface area (Å²) < 4.78 is 101. The van der Waals surface area contributed by atoms with Crippen LogP contribution >= 0.6 is 12.4 Å². The van der Waals surface area contributed by atoms with E-state index < -0.39 is 127 Å². The molecule has 3 aromatic rings. The summed E-state index contributed by atoms with van der Waals surface area (Å²) in [6.07, 6.45) is 17.1. The van der Waals surface area contributed by atoms with Crippen LogP contribution in [-0.2, 0) is 91.7 Å². The normalized spacial score (nSPS) is 27.3. The minimum absolute atomic E-state index is 0. The number of amides is 2. The second-order valence-corrected chi connectivity index (χ2v) is 42.5. The number of sulfone groups is 3. The molecule has 4 N–H and O–H groups in total. The van der Waals surface area contributed by atoms with Crippen LogP contribution in [0.15, 0.2) is 104 Å². The summed E-state index contributed by atoms with van der Waals surface area (Å²) in [6.45, 7) is 38.6. The van der Waals surface area contributed by atoms with Gasteiger partial charge in [0.2, 0.25) is 17.4 Å². The highest BCUT2D eigenvalue weighted by Crippen LogP contribution is 2.59. The van der Waals surface area contributed by atoms with E-state index in [1.165, 1.54) is 19.5 Å². The van der Waals surface area contributed by atoms with Gasteiger partial charge in [-0.3, -0.25) is 38.4 Å². The van der Waals surface area contributed by atoms with E-state index in [0.717, 1.165) is 18.2 Å². The van der Waals surface area contributed by atoms with Gasteiger partial charge in [0, 0.05) is 40.8 Å². The van der Waals surface area contributed by atoms with Crippen molar-refractivity contribution in [3.05, 3.63) is 105 Å². The maximum atomic E-state index is 14.7. The number of nitrogens with two attached hydrogens (primary N) is 1. The number of ether oxygens (including phenoxy) is 4. The lowest BCUT2D eigenvalue weighted by Gasteiger charge is -2.35. The molecule has 33 heteroatoms. The summed E-state index contributed by atoms with van der Waals surface area (Å²) in [5, 5.41) is 15.2. The first-order valence-corrected chi connectivity index (χ1v) is 44.9. The molecule has 1 saturated heterocycles. The summed E-state index contributed by atoms with van der Waals surface area (Å²) in [7, 11) is -7.02. The zero-order valence-corrected chi connectivity index (χ0v) is 72.4. The molecule has 0 bridgehead atoms. The Labute approximate surface area is 696 Å². The van der Waals surface area contributed by atoms with Crippen LogP contribution in [0.25, 0.3) is 22.4 Å². The Morgan fingerprint density at radius 2 is 1.18 bits per heavy atom. The number of allylic oxidation sites excluding steroid dienone is 3. The number of aliphatic carboxylic acids is 1. The number of ketones is 2. The Bertz CT molecular complexity index is 4620. The van der Waals surface area contributed by atoms with Gasteiger partial charge in [0.25, 0.3) is 0 Å². The van der Waals surface area contributed by atoms with Crippen LogP contribution in [0, 0.1) is 64.1 Å². The number of carboxylic acids is 1. The summed E-state index contributed by atoms with van der Waals surface area (Å²) in [4.78, 5) is 127. The number of rotatable bonds is 36. The molecule has 2 radical (unpaired) electrons. The number of nitrogens with one attached hydrogen (secondary N) is 1. The van der Waals surface area contributed by atoms with E-state index in [1.807, 2.05) is 51.1 Å². The third kappa shape index (κ3) is 24.4. The third-order valence-corrected chi connectivity index (χ3v) is 29.7. The third-order valence-electron chi connectivity index (χ3n) is 23.1. The smallest absolute Gasteiger partial charge is 0.311 e.